The predicted molar refractivity (Wildman–Crippen MR) is 151 cm³/mol. The standard InChI is InChI=1S/C12H15NO.C8H9FO.C3H7N.3C2H6/c1-4-10(8-13)11-6-5-9(2)12(7-11)14-3;1-6-4-3-5-7(9)8(6)10-2;1-3(2)4;3*1-2/h4-8,13H,1-3H3;3-5H,1-2H3;4H,1-2H3;3*1-2H3/b10-4+,13-8?;;;;;. The normalized spacial score (nSPS) is 8.71. The molecular weight excluding hydrogens is 427 g/mol. The van der Waals surface area contributed by atoms with Gasteiger partial charge in [-0.3, -0.25) is 0 Å². The lowest BCUT2D eigenvalue weighted by atomic mass is 10.0. The Hall–Kier alpha value is -2.95. The molecule has 0 fully saturated rings. The van der Waals surface area contributed by atoms with Crippen LogP contribution in [-0.4, -0.2) is 26.1 Å². The van der Waals surface area contributed by atoms with Crippen molar-refractivity contribution in [2.24, 2.45) is 0 Å². The molecule has 0 spiro atoms. The molecule has 4 nitrogen and oxygen atoms in total. The topological polar surface area (TPSA) is 66.2 Å². The third-order valence-corrected chi connectivity index (χ3v) is 3.58. The maximum absolute atomic E-state index is 12.7. The molecule has 5 heteroatoms. The Balaban J connectivity index is -0.000000197. The van der Waals surface area contributed by atoms with Crippen LogP contribution in [0, 0.1) is 30.5 Å². The molecule has 2 aromatic carbocycles. The molecule has 34 heavy (non-hydrogen) atoms. The number of hydrogen-bond acceptors (Lipinski definition) is 4. The molecule has 0 aliphatic carbocycles. The first-order chi connectivity index (χ1) is 16.2. The monoisotopic (exact) mass is 476 g/mol. The Morgan fingerprint density at radius 2 is 1.35 bits per heavy atom. The number of nitrogens with one attached hydrogen (secondary N) is 2. The number of para-hydroxylation sites is 1. The maximum Gasteiger partial charge on any atom is 0.165 e. The van der Waals surface area contributed by atoms with Crippen LogP contribution < -0.4 is 9.47 Å². The van der Waals surface area contributed by atoms with Crippen LogP contribution in [0.1, 0.15) is 79.0 Å². The summed E-state index contributed by atoms with van der Waals surface area (Å²) in [6, 6.07) is 10.8. The first-order valence-corrected chi connectivity index (χ1v) is 11.8. The van der Waals surface area contributed by atoms with E-state index in [0.29, 0.717) is 11.5 Å². The molecular formula is C29H49FN2O2. The summed E-state index contributed by atoms with van der Waals surface area (Å²) in [4.78, 5) is 0. The second-order valence-corrected chi connectivity index (χ2v) is 6.16. The predicted octanol–water partition coefficient (Wildman–Crippen LogP) is 9.32. The van der Waals surface area contributed by atoms with Crippen LogP contribution in [0.3, 0.4) is 0 Å². The molecule has 0 radical (unpaired) electrons. The average Bonchev–Trinajstić information content (AvgIpc) is 2.85. The lowest BCUT2D eigenvalue weighted by molar-refractivity contribution is 0.383. The molecule has 0 heterocycles. The van der Waals surface area contributed by atoms with Gasteiger partial charge in [0.2, 0.25) is 0 Å². The first-order valence-electron chi connectivity index (χ1n) is 11.8. The molecule has 0 atom stereocenters. The van der Waals surface area contributed by atoms with E-state index in [4.69, 9.17) is 20.3 Å². The van der Waals surface area contributed by atoms with Crippen LogP contribution in [0.25, 0.3) is 5.57 Å². The van der Waals surface area contributed by atoms with Gasteiger partial charge in [0.05, 0.1) is 14.2 Å². The summed E-state index contributed by atoms with van der Waals surface area (Å²) in [5, 5.41) is 13.7. The van der Waals surface area contributed by atoms with Gasteiger partial charge in [-0.2, -0.15) is 0 Å². The van der Waals surface area contributed by atoms with Crippen molar-refractivity contribution in [1.82, 2.24) is 0 Å². The van der Waals surface area contributed by atoms with Gasteiger partial charge in [0.15, 0.2) is 11.6 Å². The van der Waals surface area contributed by atoms with E-state index in [1.165, 1.54) is 19.4 Å². The van der Waals surface area contributed by atoms with Crippen molar-refractivity contribution < 1.29 is 13.9 Å². The van der Waals surface area contributed by atoms with Gasteiger partial charge >= 0.3 is 0 Å². The zero-order valence-electron chi connectivity index (χ0n) is 23.8. The summed E-state index contributed by atoms with van der Waals surface area (Å²) in [6.07, 6.45) is 3.27. The lowest BCUT2D eigenvalue weighted by Gasteiger charge is -2.07. The van der Waals surface area contributed by atoms with Crippen molar-refractivity contribution in [1.29, 1.82) is 10.8 Å². The zero-order chi connectivity index (χ0) is 27.7. The Bertz CT molecular complexity index is 792. The molecule has 0 saturated carbocycles. The molecule has 0 amide bonds. The van der Waals surface area contributed by atoms with Gasteiger partial charge in [0.1, 0.15) is 5.75 Å². The minimum atomic E-state index is -0.303. The Morgan fingerprint density at radius 1 is 0.853 bits per heavy atom. The fourth-order valence-electron chi connectivity index (χ4n) is 2.21. The van der Waals surface area contributed by atoms with Crippen molar-refractivity contribution >= 4 is 17.5 Å². The fraction of sp³-hybridized carbons (Fsp3) is 0.448. The van der Waals surface area contributed by atoms with Crippen molar-refractivity contribution in [3.8, 4) is 11.5 Å². The van der Waals surface area contributed by atoms with E-state index in [-0.39, 0.29) is 5.82 Å². The molecule has 0 unspecified atom stereocenters. The van der Waals surface area contributed by atoms with Crippen LogP contribution in [0.15, 0.2) is 42.5 Å². The molecule has 0 aromatic heterocycles. The second-order valence-electron chi connectivity index (χ2n) is 6.16. The smallest absolute Gasteiger partial charge is 0.165 e. The van der Waals surface area contributed by atoms with Gasteiger partial charge in [-0.15, -0.1) is 0 Å². The molecule has 0 bridgehead atoms. The highest BCUT2D eigenvalue weighted by molar-refractivity contribution is 6.08. The largest absolute Gasteiger partial charge is 0.496 e. The van der Waals surface area contributed by atoms with Crippen molar-refractivity contribution in [2.45, 2.75) is 76.2 Å². The number of aryl methyl sites for hydroxylation is 2. The quantitative estimate of drug-likeness (QED) is 0.432. The van der Waals surface area contributed by atoms with Crippen LogP contribution in [0.5, 0.6) is 11.5 Å². The summed E-state index contributed by atoms with van der Waals surface area (Å²) in [5.74, 6) is 0.897. The number of allylic oxidation sites excluding steroid dienone is 2. The number of hydrogen-bond donors (Lipinski definition) is 2. The lowest BCUT2D eigenvalue weighted by Crippen LogP contribution is -1.90. The minimum Gasteiger partial charge on any atom is -0.496 e. The van der Waals surface area contributed by atoms with Gasteiger partial charge in [-0.05, 0) is 69.0 Å². The summed E-state index contributed by atoms with van der Waals surface area (Å²) >= 11 is 0. The molecule has 0 saturated heterocycles. The van der Waals surface area contributed by atoms with E-state index in [1.807, 2.05) is 92.7 Å². The maximum atomic E-state index is 12.7. The summed E-state index contributed by atoms with van der Waals surface area (Å²) in [6.45, 7) is 21.2. The van der Waals surface area contributed by atoms with E-state index in [2.05, 4.69) is 0 Å². The second kappa shape index (κ2) is 26.3. The molecule has 2 aromatic rings. The molecule has 2 N–H and O–H groups in total. The van der Waals surface area contributed by atoms with E-state index in [1.54, 1.807) is 27.0 Å². The third-order valence-electron chi connectivity index (χ3n) is 3.58. The summed E-state index contributed by atoms with van der Waals surface area (Å²) in [5.41, 5.74) is 4.52. The average molecular weight is 477 g/mol. The number of methoxy groups -OCH3 is 2. The number of benzene rings is 2. The number of ether oxygens (including phenoxy) is 2. The van der Waals surface area contributed by atoms with Gasteiger partial charge in [-0.1, -0.05) is 71.9 Å². The Morgan fingerprint density at radius 3 is 1.68 bits per heavy atom. The van der Waals surface area contributed by atoms with Gasteiger partial charge < -0.3 is 20.3 Å². The highest BCUT2D eigenvalue weighted by Crippen LogP contribution is 2.23. The van der Waals surface area contributed by atoms with Crippen LogP contribution in [0.2, 0.25) is 0 Å². The Kier molecular flexibility index (Phi) is 29.6. The summed E-state index contributed by atoms with van der Waals surface area (Å²) < 4.78 is 22.7. The fourth-order valence-corrected chi connectivity index (χ4v) is 2.21. The SMILES string of the molecule is C/C=C(\C=N)c1ccc(C)c(OC)c1.CC.CC.CC.CC(C)=N.COc1c(C)cccc1F. The minimum absolute atomic E-state index is 0.303. The van der Waals surface area contributed by atoms with Crippen LogP contribution >= 0.6 is 0 Å². The zero-order valence-corrected chi connectivity index (χ0v) is 23.8. The van der Waals surface area contributed by atoms with Crippen molar-refractivity contribution in [3.05, 3.63) is 65.0 Å². The number of rotatable bonds is 4. The first kappa shape index (κ1) is 38.3. The molecule has 2 rings (SSSR count). The molecule has 194 valence electrons. The van der Waals surface area contributed by atoms with Crippen LogP contribution in [0.4, 0.5) is 4.39 Å². The highest BCUT2D eigenvalue weighted by Gasteiger charge is 2.03. The number of halogens is 1. The highest BCUT2D eigenvalue weighted by atomic mass is 19.1. The molecule has 0 aliphatic rings. The van der Waals surface area contributed by atoms with Gasteiger partial charge in [0, 0.05) is 11.9 Å². The van der Waals surface area contributed by atoms with Crippen molar-refractivity contribution in [3.63, 3.8) is 0 Å². The van der Waals surface area contributed by atoms with E-state index >= 15 is 0 Å². The van der Waals surface area contributed by atoms with Gasteiger partial charge in [-0.25, -0.2) is 4.39 Å². The molecule has 0 aliphatic heterocycles. The van der Waals surface area contributed by atoms with Crippen molar-refractivity contribution in [2.75, 3.05) is 14.2 Å². The Labute approximate surface area is 209 Å². The summed E-state index contributed by atoms with van der Waals surface area (Å²) in [7, 11) is 3.12. The van der Waals surface area contributed by atoms with E-state index in [9.17, 15) is 4.39 Å². The van der Waals surface area contributed by atoms with E-state index in [0.717, 1.165) is 28.0 Å². The third kappa shape index (κ3) is 17.6. The van der Waals surface area contributed by atoms with Gasteiger partial charge in [0.25, 0.3) is 0 Å². The van der Waals surface area contributed by atoms with Crippen LogP contribution in [-0.2, 0) is 0 Å². The van der Waals surface area contributed by atoms with E-state index < -0.39 is 0 Å².